The molecule has 0 unspecified atom stereocenters. The van der Waals surface area contributed by atoms with Crippen LogP contribution in [0.25, 0.3) is 5.69 Å². The Kier molecular flexibility index (Phi) is 4.50. The lowest BCUT2D eigenvalue weighted by atomic mass is 10.2. The van der Waals surface area contributed by atoms with Gasteiger partial charge in [-0.2, -0.15) is 5.10 Å². The van der Waals surface area contributed by atoms with Crippen molar-refractivity contribution in [2.45, 2.75) is 18.4 Å². The number of benzene rings is 2. The van der Waals surface area contributed by atoms with Crippen LogP contribution in [-0.2, 0) is 22.3 Å². The first-order valence-corrected chi connectivity index (χ1v) is 10.4. The number of hydrogen-bond donors (Lipinski definition) is 1. The molecular formula is C19H16BrN3O2S. The Morgan fingerprint density at radius 3 is 2.62 bits per heavy atom. The molecule has 7 heteroatoms. The van der Waals surface area contributed by atoms with Crippen molar-refractivity contribution in [3.05, 3.63) is 75.4 Å². The zero-order valence-electron chi connectivity index (χ0n) is 14.0. The van der Waals surface area contributed by atoms with Crippen molar-refractivity contribution in [3.8, 4) is 5.69 Å². The minimum absolute atomic E-state index is 0.215. The molecule has 1 aliphatic rings. The van der Waals surface area contributed by atoms with Crippen LogP contribution < -0.4 is 5.32 Å². The number of para-hydroxylation sites is 1. The van der Waals surface area contributed by atoms with Gasteiger partial charge in [0.25, 0.3) is 5.91 Å². The molecule has 5 nitrogen and oxygen atoms in total. The number of fused-ring (bicyclic) bond motifs is 1. The lowest BCUT2D eigenvalue weighted by Gasteiger charge is -2.13. The Morgan fingerprint density at radius 1 is 1.15 bits per heavy atom. The maximum Gasteiger partial charge on any atom is 0.256 e. The fraction of sp³-hybridized carbons (Fsp3) is 0.158. The summed E-state index contributed by atoms with van der Waals surface area (Å²) in [5.74, 6) is 1.23. The van der Waals surface area contributed by atoms with Crippen LogP contribution in [0.4, 0.5) is 5.82 Å². The van der Waals surface area contributed by atoms with Crippen LogP contribution in [0, 0.1) is 6.92 Å². The summed E-state index contributed by atoms with van der Waals surface area (Å²) in [6, 6.07) is 15.0. The molecule has 4 rings (SSSR count). The highest BCUT2D eigenvalue weighted by atomic mass is 79.9. The summed E-state index contributed by atoms with van der Waals surface area (Å²) in [5, 5.41) is 7.62. The van der Waals surface area contributed by atoms with Crippen LogP contribution >= 0.6 is 15.9 Å². The van der Waals surface area contributed by atoms with E-state index in [0.717, 1.165) is 27.0 Å². The molecule has 1 aliphatic heterocycles. The minimum atomic E-state index is -0.964. The molecule has 26 heavy (non-hydrogen) atoms. The summed E-state index contributed by atoms with van der Waals surface area (Å²) in [6.07, 6.45) is 0. The molecule has 2 aromatic carbocycles. The van der Waals surface area contributed by atoms with E-state index < -0.39 is 10.8 Å². The zero-order valence-corrected chi connectivity index (χ0v) is 16.4. The number of amides is 1. The molecular weight excluding hydrogens is 414 g/mol. The van der Waals surface area contributed by atoms with Gasteiger partial charge in [-0.05, 0) is 42.8 Å². The van der Waals surface area contributed by atoms with Crippen molar-refractivity contribution in [2.75, 3.05) is 5.32 Å². The van der Waals surface area contributed by atoms with Gasteiger partial charge >= 0.3 is 0 Å². The highest BCUT2D eigenvalue weighted by molar-refractivity contribution is 9.10. The molecule has 0 saturated carbocycles. The number of aryl methyl sites for hydroxylation is 1. The van der Waals surface area contributed by atoms with E-state index >= 15 is 0 Å². The average molecular weight is 430 g/mol. The second-order valence-corrected chi connectivity index (χ2v) is 8.53. The van der Waals surface area contributed by atoms with E-state index in [2.05, 4.69) is 26.3 Å². The Balaban J connectivity index is 1.77. The maximum absolute atomic E-state index is 12.7. The van der Waals surface area contributed by atoms with E-state index in [1.807, 2.05) is 43.3 Å². The normalized spacial score (nSPS) is 15.7. The monoisotopic (exact) mass is 429 g/mol. The van der Waals surface area contributed by atoms with Gasteiger partial charge in [0.15, 0.2) is 0 Å². The highest BCUT2D eigenvalue weighted by Crippen LogP contribution is 2.32. The molecule has 1 N–H and O–H groups in total. The third-order valence-corrected chi connectivity index (χ3v) is 6.09. The minimum Gasteiger partial charge on any atom is -0.306 e. The number of aromatic nitrogens is 2. The average Bonchev–Trinajstić information content (AvgIpc) is 3.13. The number of carbonyl (C=O) groups excluding carboxylic acids is 1. The van der Waals surface area contributed by atoms with Gasteiger partial charge in [0.2, 0.25) is 0 Å². The number of carbonyl (C=O) groups is 1. The van der Waals surface area contributed by atoms with Crippen LogP contribution in [0.2, 0.25) is 0 Å². The smallest absolute Gasteiger partial charge is 0.256 e. The van der Waals surface area contributed by atoms with E-state index in [1.54, 1.807) is 16.8 Å². The lowest BCUT2D eigenvalue weighted by Crippen LogP contribution is -2.17. The SMILES string of the molecule is Cc1ccccc1-n1nc2c(c1NC(=O)c1ccc(Br)cc1)C[S@](=O)C2. The summed E-state index contributed by atoms with van der Waals surface area (Å²) in [5.41, 5.74) is 4.15. The molecule has 1 amide bonds. The van der Waals surface area contributed by atoms with Crippen LogP contribution in [0.15, 0.2) is 53.0 Å². The zero-order chi connectivity index (χ0) is 18.3. The molecule has 0 bridgehead atoms. The molecule has 1 atom stereocenters. The van der Waals surface area contributed by atoms with E-state index in [4.69, 9.17) is 0 Å². The van der Waals surface area contributed by atoms with Crippen molar-refractivity contribution >= 4 is 38.5 Å². The second-order valence-electron chi connectivity index (χ2n) is 6.16. The largest absolute Gasteiger partial charge is 0.306 e. The van der Waals surface area contributed by atoms with Gasteiger partial charge in [-0.1, -0.05) is 34.1 Å². The highest BCUT2D eigenvalue weighted by Gasteiger charge is 2.28. The van der Waals surface area contributed by atoms with E-state index in [0.29, 0.717) is 22.9 Å². The van der Waals surface area contributed by atoms with Gasteiger partial charge in [0.05, 0.1) is 22.9 Å². The molecule has 0 fully saturated rings. The number of halogens is 1. The fourth-order valence-corrected chi connectivity index (χ4v) is 4.54. The Labute approximate surface area is 162 Å². The van der Waals surface area contributed by atoms with Crippen LogP contribution in [0.3, 0.4) is 0 Å². The second kappa shape index (κ2) is 6.81. The third kappa shape index (κ3) is 3.12. The van der Waals surface area contributed by atoms with E-state index in [-0.39, 0.29) is 5.91 Å². The van der Waals surface area contributed by atoms with Crippen molar-refractivity contribution in [1.29, 1.82) is 0 Å². The third-order valence-electron chi connectivity index (χ3n) is 4.35. The van der Waals surface area contributed by atoms with E-state index in [1.165, 1.54) is 0 Å². The Morgan fingerprint density at radius 2 is 1.88 bits per heavy atom. The van der Waals surface area contributed by atoms with Crippen molar-refractivity contribution in [2.24, 2.45) is 0 Å². The number of rotatable bonds is 3. The molecule has 0 radical (unpaired) electrons. The number of hydrogen-bond acceptors (Lipinski definition) is 3. The molecule has 132 valence electrons. The van der Waals surface area contributed by atoms with Crippen molar-refractivity contribution in [1.82, 2.24) is 9.78 Å². The van der Waals surface area contributed by atoms with Crippen LogP contribution in [0.1, 0.15) is 27.2 Å². The summed E-state index contributed by atoms with van der Waals surface area (Å²) in [6.45, 7) is 2.00. The topological polar surface area (TPSA) is 64.0 Å². The van der Waals surface area contributed by atoms with Gasteiger partial charge in [0, 0.05) is 26.4 Å². The van der Waals surface area contributed by atoms with Crippen LogP contribution in [-0.4, -0.2) is 19.9 Å². The van der Waals surface area contributed by atoms with Crippen molar-refractivity contribution < 1.29 is 9.00 Å². The molecule has 1 aromatic heterocycles. The van der Waals surface area contributed by atoms with Crippen LogP contribution in [0.5, 0.6) is 0 Å². The first-order chi connectivity index (χ1) is 12.5. The van der Waals surface area contributed by atoms with Gasteiger partial charge < -0.3 is 5.32 Å². The summed E-state index contributed by atoms with van der Waals surface area (Å²) in [7, 11) is -0.964. The standard InChI is InChI=1S/C19H16BrN3O2S/c1-12-4-2-3-5-17(12)23-18(15-10-26(25)11-16(15)22-23)21-19(24)13-6-8-14(20)9-7-13/h2-9H,10-11H2,1H3,(H,21,24)/t26-/m0/s1. The Bertz CT molecular complexity index is 1030. The summed E-state index contributed by atoms with van der Waals surface area (Å²) in [4.78, 5) is 12.7. The number of anilines is 1. The summed E-state index contributed by atoms with van der Waals surface area (Å²) < 4.78 is 14.6. The molecule has 0 aliphatic carbocycles. The van der Waals surface area contributed by atoms with E-state index in [9.17, 15) is 9.00 Å². The predicted molar refractivity (Wildman–Crippen MR) is 106 cm³/mol. The van der Waals surface area contributed by atoms with Crippen molar-refractivity contribution in [3.63, 3.8) is 0 Å². The molecule has 0 saturated heterocycles. The van der Waals surface area contributed by atoms with Gasteiger partial charge in [-0.15, -0.1) is 0 Å². The first-order valence-electron chi connectivity index (χ1n) is 8.11. The molecule has 0 spiro atoms. The van der Waals surface area contributed by atoms with Gasteiger partial charge in [0.1, 0.15) is 5.82 Å². The quantitative estimate of drug-likeness (QED) is 0.684. The van der Waals surface area contributed by atoms with Gasteiger partial charge in [-0.3, -0.25) is 9.00 Å². The van der Waals surface area contributed by atoms with Gasteiger partial charge in [-0.25, -0.2) is 4.68 Å². The fourth-order valence-electron chi connectivity index (χ4n) is 3.01. The Hall–Kier alpha value is -2.25. The lowest BCUT2D eigenvalue weighted by molar-refractivity contribution is 0.102. The number of nitrogens with zero attached hydrogens (tertiary/aromatic N) is 2. The summed E-state index contributed by atoms with van der Waals surface area (Å²) >= 11 is 3.37. The molecule has 2 heterocycles. The first kappa shape index (κ1) is 17.2. The predicted octanol–water partition coefficient (Wildman–Crippen LogP) is 3.96. The number of nitrogens with one attached hydrogen (secondary N) is 1. The maximum atomic E-state index is 12.7. The molecule has 3 aromatic rings.